The van der Waals surface area contributed by atoms with Gasteiger partial charge in [0.15, 0.2) is 5.76 Å². The average molecular weight is 451 g/mol. The molecule has 0 unspecified atom stereocenters. The monoisotopic (exact) mass is 450 g/mol. The van der Waals surface area contributed by atoms with Gasteiger partial charge in [0.05, 0.1) is 26.5 Å². The first-order chi connectivity index (χ1) is 16.0. The van der Waals surface area contributed by atoms with Gasteiger partial charge in [0.25, 0.3) is 11.9 Å². The summed E-state index contributed by atoms with van der Waals surface area (Å²) in [5.74, 6) is 1.29. The van der Waals surface area contributed by atoms with E-state index in [1.54, 1.807) is 25.4 Å². The largest absolute Gasteiger partial charge is 0.497 e. The first-order valence-corrected chi connectivity index (χ1v) is 11.1. The van der Waals surface area contributed by atoms with Crippen LogP contribution >= 0.6 is 0 Å². The van der Waals surface area contributed by atoms with Crippen molar-refractivity contribution in [2.24, 2.45) is 0 Å². The van der Waals surface area contributed by atoms with Crippen LogP contribution in [0.3, 0.4) is 0 Å². The van der Waals surface area contributed by atoms with Crippen molar-refractivity contribution < 1.29 is 18.7 Å². The molecule has 2 aromatic carbocycles. The number of benzene rings is 2. The maximum absolute atomic E-state index is 12.1. The Hall–Kier alpha value is -3.36. The second-order valence-corrected chi connectivity index (χ2v) is 8.32. The number of aromatic nitrogens is 1. The summed E-state index contributed by atoms with van der Waals surface area (Å²) in [6, 6.07) is 13.8. The first kappa shape index (κ1) is 22.8. The predicted molar refractivity (Wildman–Crippen MR) is 127 cm³/mol. The van der Waals surface area contributed by atoms with E-state index >= 15 is 0 Å². The standard InChI is InChI=1S/C25H30N4O4/c1-17(2)27-24(30)20-6-4-19(5-7-20)23-15-26-25(33-23)28-21-12-18(13-22(14-21)31-3)16-29-8-10-32-11-9-29/h4-7,12-15,17H,8-11,16H2,1-3H3,(H,26,28)(H,27,30). The van der Waals surface area contributed by atoms with Gasteiger partial charge >= 0.3 is 0 Å². The number of oxazole rings is 1. The number of ether oxygens (including phenoxy) is 2. The van der Waals surface area contributed by atoms with E-state index in [9.17, 15) is 4.79 Å². The van der Waals surface area contributed by atoms with Gasteiger partial charge in [0.2, 0.25) is 0 Å². The van der Waals surface area contributed by atoms with E-state index in [0.29, 0.717) is 17.3 Å². The number of hydrogen-bond donors (Lipinski definition) is 2. The van der Waals surface area contributed by atoms with Crippen LogP contribution in [0.2, 0.25) is 0 Å². The molecule has 0 atom stereocenters. The van der Waals surface area contributed by atoms with E-state index < -0.39 is 0 Å². The van der Waals surface area contributed by atoms with Crippen molar-refractivity contribution >= 4 is 17.6 Å². The van der Waals surface area contributed by atoms with Crippen LogP contribution in [0.25, 0.3) is 11.3 Å². The lowest BCUT2D eigenvalue weighted by Crippen LogP contribution is -2.35. The summed E-state index contributed by atoms with van der Waals surface area (Å²) in [7, 11) is 1.66. The maximum atomic E-state index is 12.1. The predicted octanol–water partition coefficient (Wildman–Crippen LogP) is 4.06. The molecule has 33 heavy (non-hydrogen) atoms. The minimum Gasteiger partial charge on any atom is -0.497 e. The van der Waals surface area contributed by atoms with Crippen LogP contribution in [0.15, 0.2) is 53.1 Å². The van der Waals surface area contributed by atoms with Crippen LogP contribution in [0.1, 0.15) is 29.8 Å². The van der Waals surface area contributed by atoms with E-state index in [-0.39, 0.29) is 11.9 Å². The molecular weight excluding hydrogens is 420 g/mol. The molecule has 8 nitrogen and oxygen atoms in total. The van der Waals surface area contributed by atoms with Crippen molar-refractivity contribution in [1.82, 2.24) is 15.2 Å². The van der Waals surface area contributed by atoms with Gasteiger partial charge in [-0.2, -0.15) is 0 Å². The van der Waals surface area contributed by atoms with Crippen LogP contribution in [-0.4, -0.2) is 55.2 Å². The Kier molecular flexibility index (Phi) is 7.26. The molecule has 2 heterocycles. The van der Waals surface area contributed by atoms with Crippen LogP contribution in [-0.2, 0) is 11.3 Å². The van der Waals surface area contributed by atoms with Gasteiger partial charge in [0.1, 0.15) is 5.75 Å². The highest BCUT2D eigenvalue weighted by molar-refractivity contribution is 5.94. The molecule has 3 aromatic rings. The Morgan fingerprint density at radius 3 is 2.61 bits per heavy atom. The zero-order valence-corrected chi connectivity index (χ0v) is 19.3. The number of hydrogen-bond acceptors (Lipinski definition) is 7. The fourth-order valence-corrected chi connectivity index (χ4v) is 3.68. The maximum Gasteiger partial charge on any atom is 0.299 e. The van der Waals surface area contributed by atoms with Crippen molar-refractivity contribution in [2.45, 2.75) is 26.4 Å². The number of carbonyl (C=O) groups excluding carboxylic acids is 1. The second kappa shape index (κ2) is 10.5. The molecule has 174 valence electrons. The molecular formula is C25H30N4O4. The highest BCUT2D eigenvalue weighted by Gasteiger charge is 2.14. The van der Waals surface area contributed by atoms with E-state index in [2.05, 4.69) is 26.6 Å². The Morgan fingerprint density at radius 2 is 1.91 bits per heavy atom. The molecule has 1 fully saturated rings. The molecule has 0 bridgehead atoms. The lowest BCUT2D eigenvalue weighted by Gasteiger charge is -2.26. The molecule has 1 aliphatic heterocycles. The minimum atomic E-state index is -0.0950. The number of amides is 1. The summed E-state index contributed by atoms with van der Waals surface area (Å²) < 4.78 is 16.8. The quantitative estimate of drug-likeness (QED) is 0.535. The smallest absolute Gasteiger partial charge is 0.299 e. The number of morpholine rings is 1. The lowest BCUT2D eigenvalue weighted by atomic mass is 10.1. The SMILES string of the molecule is COc1cc(CN2CCOCC2)cc(Nc2ncc(-c3ccc(C(=O)NC(C)C)cc3)o2)c1. The highest BCUT2D eigenvalue weighted by atomic mass is 16.5. The van der Waals surface area contributed by atoms with Crippen LogP contribution in [0.4, 0.5) is 11.7 Å². The lowest BCUT2D eigenvalue weighted by molar-refractivity contribution is 0.0342. The normalized spacial score (nSPS) is 14.3. The molecule has 1 amide bonds. The summed E-state index contributed by atoms with van der Waals surface area (Å²) in [5.41, 5.74) is 3.43. The van der Waals surface area contributed by atoms with E-state index in [0.717, 1.165) is 55.4 Å². The van der Waals surface area contributed by atoms with E-state index in [1.165, 1.54) is 0 Å². The topological polar surface area (TPSA) is 88.9 Å². The Morgan fingerprint density at radius 1 is 1.15 bits per heavy atom. The number of carbonyl (C=O) groups is 1. The van der Waals surface area contributed by atoms with E-state index in [4.69, 9.17) is 13.9 Å². The average Bonchev–Trinajstić information content (AvgIpc) is 3.27. The third-order valence-corrected chi connectivity index (χ3v) is 5.32. The molecule has 0 aliphatic carbocycles. The summed E-state index contributed by atoms with van der Waals surface area (Å²) in [4.78, 5) is 18.9. The van der Waals surface area contributed by atoms with Crippen molar-refractivity contribution in [3.8, 4) is 17.1 Å². The number of rotatable bonds is 8. The molecule has 1 saturated heterocycles. The van der Waals surface area contributed by atoms with Gasteiger partial charge < -0.3 is 24.5 Å². The summed E-state index contributed by atoms with van der Waals surface area (Å²) in [6.07, 6.45) is 1.67. The molecule has 0 saturated carbocycles. The van der Waals surface area contributed by atoms with Crippen LogP contribution < -0.4 is 15.4 Å². The van der Waals surface area contributed by atoms with Crippen LogP contribution in [0, 0.1) is 0 Å². The van der Waals surface area contributed by atoms with Gasteiger partial charge in [-0.1, -0.05) is 12.1 Å². The highest BCUT2D eigenvalue weighted by Crippen LogP contribution is 2.28. The van der Waals surface area contributed by atoms with Crippen molar-refractivity contribution in [3.05, 3.63) is 59.8 Å². The molecule has 2 N–H and O–H groups in total. The molecule has 1 aliphatic rings. The fourth-order valence-electron chi connectivity index (χ4n) is 3.68. The summed E-state index contributed by atoms with van der Waals surface area (Å²) >= 11 is 0. The van der Waals surface area contributed by atoms with Gasteiger partial charge in [-0.25, -0.2) is 4.98 Å². The third kappa shape index (κ3) is 6.12. The first-order valence-electron chi connectivity index (χ1n) is 11.1. The number of methoxy groups -OCH3 is 1. The molecule has 0 radical (unpaired) electrons. The number of nitrogens with zero attached hydrogens (tertiary/aromatic N) is 2. The zero-order chi connectivity index (χ0) is 23.2. The Balaban J connectivity index is 1.45. The van der Waals surface area contributed by atoms with Gasteiger partial charge in [0, 0.05) is 48.6 Å². The van der Waals surface area contributed by atoms with E-state index in [1.807, 2.05) is 38.1 Å². The molecule has 1 aromatic heterocycles. The molecule has 8 heteroatoms. The van der Waals surface area contributed by atoms with Gasteiger partial charge in [-0.3, -0.25) is 9.69 Å². The summed E-state index contributed by atoms with van der Waals surface area (Å²) in [6.45, 7) is 8.05. The summed E-state index contributed by atoms with van der Waals surface area (Å²) in [5, 5.41) is 6.12. The molecule has 0 spiro atoms. The number of anilines is 2. The molecule has 4 rings (SSSR count). The zero-order valence-electron chi connectivity index (χ0n) is 19.3. The fraction of sp³-hybridized carbons (Fsp3) is 0.360. The van der Waals surface area contributed by atoms with Gasteiger partial charge in [-0.15, -0.1) is 0 Å². The minimum absolute atomic E-state index is 0.0890. The third-order valence-electron chi connectivity index (χ3n) is 5.32. The number of nitrogens with one attached hydrogen (secondary N) is 2. The Bertz CT molecular complexity index is 1070. The second-order valence-electron chi connectivity index (χ2n) is 8.32. The van der Waals surface area contributed by atoms with Gasteiger partial charge in [-0.05, 0) is 43.7 Å². The van der Waals surface area contributed by atoms with Crippen molar-refractivity contribution in [3.63, 3.8) is 0 Å². The van der Waals surface area contributed by atoms with Crippen LogP contribution in [0.5, 0.6) is 5.75 Å². The van der Waals surface area contributed by atoms with Crippen molar-refractivity contribution in [1.29, 1.82) is 0 Å². The van der Waals surface area contributed by atoms with Crippen molar-refractivity contribution in [2.75, 3.05) is 38.7 Å². The Labute approximate surface area is 193 Å².